The van der Waals surface area contributed by atoms with Gasteiger partial charge in [0.05, 0.1) is 0 Å². The van der Waals surface area contributed by atoms with Crippen molar-refractivity contribution in [1.29, 1.82) is 0 Å². The normalized spacial score (nSPS) is 10.6. The predicted molar refractivity (Wildman–Crippen MR) is 93.7 cm³/mol. The number of halogens is 2. The fourth-order valence-electron chi connectivity index (χ4n) is 1.85. The Labute approximate surface area is 140 Å². The fraction of sp³-hybridized carbons (Fsp3) is 0.235. The molecule has 2 aromatic carbocycles. The molecule has 0 spiro atoms. The van der Waals surface area contributed by atoms with Gasteiger partial charge in [-0.05, 0) is 36.4 Å². The van der Waals surface area contributed by atoms with Gasteiger partial charge in [0.1, 0.15) is 0 Å². The fourth-order valence-corrected chi connectivity index (χ4v) is 2.38. The molecule has 0 saturated carbocycles. The summed E-state index contributed by atoms with van der Waals surface area (Å²) in [5, 5.41) is 7.40. The number of carbonyl (C=O) groups is 1. The molecule has 0 fully saturated rings. The lowest BCUT2D eigenvalue weighted by atomic mass is 10.2. The second-order valence-corrected chi connectivity index (χ2v) is 6.09. The first-order valence-corrected chi connectivity index (χ1v) is 7.80. The molecule has 0 bridgehead atoms. The van der Waals surface area contributed by atoms with Crippen molar-refractivity contribution in [2.24, 2.45) is 5.92 Å². The first kappa shape index (κ1) is 16.7. The van der Waals surface area contributed by atoms with E-state index in [1.165, 1.54) is 0 Å². The second kappa shape index (κ2) is 7.52. The van der Waals surface area contributed by atoms with Gasteiger partial charge in [-0.3, -0.25) is 4.79 Å². The van der Waals surface area contributed by atoms with Gasteiger partial charge < -0.3 is 10.6 Å². The number of anilines is 2. The standard InChI is InChI=1S/C17H18Cl2N2O/c1-11(2)17(22)21-13-8-6-12(7-9-13)20-10-14-15(18)4-3-5-16(14)19/h3-9,11,20H,10H2,1-2H3,(H,21,22). The molecule has 0 aliphatic rings. The molecule has 0 atom stereocenters. The van der Waals surface area contributed by atoms with Gasteiger partial charge in [-0.25, -0.2) is 0 Å². The summed E-state index contributed by atoms with van der Waals surface area (Å²) in [6.45, 7) is 4.26. The topological polar surface area (TPSA) is 41.1 Å². The molecule has 3 nitrogen and oxygen atoms in total. The van der Waals surface area contributed by atoms with Crippen molar-refractivity contribution in [1.82, 2.24) is 0 Å². The number of carbonyl (C=O) groups excluding carboxylic acids is 1. The van der Waals surface area contributed by atoms with Crippen molar-refractivity contribution in [2.75, 3.05) is 10.6 Å². The van der Waals surface area contributed by atoms with E-state index in [4.69, 9.17) is 23.2 Å². The van der Waals surface area contributed by atoms with Crippen LogP contribution in [0.25, 0.3) is 0 Å². The van der Waals surface area contributed by atoms with Gasteiger partial charge in [0.15, 0.2) is 0 Å². The van der Waals surface area contributed by atoms with E-state index >= 15 is 0 Å². The van der Waals surface area contributed by atoms with E-state index in [-0.39, 0.29) is 11.8 Å². The SMILES string of the molecule is CC(C)C(=O)Nc1ccc(NCc2c(Cl)cccc2Cl)cc1. The largest absolute Gasteiger partial charge is 0.381 e. The van der Waals surface area contributed by atoms with Crippen molar-refractivity contribution in [2.45, 2.75) is 20.4 Å². The molecule has 0 heterocycles. The van der Waals surface area contributed by atoms with E-state index < -0.39 is 0 Å². The molecule has 0 aliphatic carbocycles. The predicted octanol–water partition coefficient (Wildman–Crippen LogP) is 5.20. The number of hydrogen-bond acceptors (Lipinski definition) is 2. The molecule has 0 saturated heterocycles. The van der Waals surface area contributed by atoms with Crippen LogP contribution in [0, 0.1) is 5.92 Å². The molecule has 2 aromatic rings. The van der Waals surface area contributed by atoms with Crippen molar-refractivity contribution in [3.05, 3.63) is 58.1 Å². The van der Waals surface area contributed by atoms with Crippen LogP contribution in [-0.2, 0) is 11.3 Å². The molecule has 0 aromatic heterocycles. The molecule has 22 heavy (non-hydrogen) atoms. The maximum absolute atomic E-state index is 11.6. The third-order valence-corrected chi connectivity index (χ3v) is 3.92. The van der Waals surface area contributed by atoms with Gasteiger partial charge in [-0.1, -0.05) is 43.1 Å². The minimum Gasteiger partial charge on any atom is -0.381 e. The number of nitrogens with one attached hydrogen (secondary N) is 2. The molecule has 2 rings (SSSR count). The average Bonchev–Trinajstić information content (AvgIpc) is 2.48. The summed E-state index contributed by atoms with van der Waals surface area (Å²) in [7, 11) is 0. The van der Waals surface area contributed by atoms with Crippen LogP contribution in [0.15, 0.2) is 42.5 Å². The second-order valence-electron chi connectivity index (χ2n) is 5.28. The lowest BCUT2D eigenvalue weighted by Gasteiger charge is -2.11. The van der Waals surface area contributed by atoms with Gasteiger partial charge in [0.25, 0.3) is 0 Å². The monoisotopic (exact) mass is 336 g/mol. The van der Waals surface area contributed by atoms with Crippen LogP contribution in [0.3, 0.4) is 0 Å². The Morgan fingerprint density at radius 1 is 1.00 bits per heavy atom. The van der Waals surface area contributed by atoms with E-state index in [0.717, 1.165) is 16.9 Å². The first-order valence-electron chi connectivity index (χ1n) is 7.05. The highest BCUT2D eigenvalue weighted by molar-refractivity contribution is 6.36. The zero-order valence-corrected chi connectivity index (χ0v) is 14.0. The smallest absolute Gasteiger partial charge is 0.226 e. The van der Waals surface area contributed by atoms with Gasteiger partial charge in [-0.2, -0.15) is 0 Å². The molecular weight excluding hydrogens is 319 g/mol. The molecule has 116 valence electrons. The Hall–Kier alpha value is -1.71. The Morgan fingerprint density at radius 3 is 2.09 bits per heavy atom. The zero-order valence-electron chi connectivity index (χ0n) is 12.5. The van der Waals surface area contributed by atoms with Crippen LogP contribution in [0.4, 0.5) is 11.4 Å². The number of amides is 1. The van der Waals surface area contributed by atoms with E-state index in [1.807, 2.05) is 56.3 Å². The number of rotatable bonds is 5. The Morgan fingerprint density at radius 2 is 1.55 bits per heavy atom. The summed E-state index contributed by atoms with van der Waals surface area (Å²) >= 11 is 12.3. The van der Waals surface area contributed by atoms with Crippen LogP contribution in [0.2, 0.25) is 10.0 Å². The van der Waals surface area contributed by atoms with Gasteiger partial charge >= 0.3 is 0 Å². The summed E-state index contributed by atoms with van der Waals surface area (Å²) in [4.78, 5) is 11.6. The summed E-state index contributed by atoms with van der Waals surface area (Å²) in [5.74, 6) is -0.0382. The average molecular weight is 337 g/mol. The summed E-state index contributed by atoms with van der Waals surface area (Å²) in [6, 6.07) is 13.0. The lowest BCUT2D eigenvalue weighted by molar-refractivity contribution is -0.118. The maximum atomic E-state index is 11.6. The molecule has 1 amide bonds. The van der Waals surface area contributed by atoms with E-state index in [9.17, 15) is 4.79 Å². The van der Waals surface area contributed by atoms with Crippen molar-refractivity contribution in [3.63, 3.8) is 0 Å². The molecule has 0 aliphatic heterocycles. The molecular formula is C17H18Cl2N2O. The van der Waals surface area contributed by atoms with Crippen LogP contribution in [-0.4, -0.2) is 5.91 Å². The molecule has 0 radical (unpaired) electrons. The third-order valence-electron chi connectivity index (χ3n) is 3.21. The Bertz CT molecular complexity index is 634. The molecule has 5 heteroatoms. The van der Waals surface area contributed by atoms with Crippen molar-refractivity contribution >= 4 is 40.5 Å². The minimum atomic E-state index is -0.0415. The Kier molecular flexibility index (Phi) is 5.69. The number of benzene rings is 2. The van der Waals surface area contributed by atoms with Crippen LogP contribution in [0.5, 0.6) is 0 Å². The highest BCUT2D eigenvalue weighted by atomic mass is 35.5. The molecule has 0 unspecified atom stereocenters. The van der Waals surface area contributed by atoms with Crippen molar-refractivity contribution < 1.29 is 4.79 Å². The minimum absolute atomic E-state index is 0.00329. The van der Waals surface area contributed by atoms with E-state index in [2.05, 4.69) is 10.6 Å². The van der Waals surface area contributed by atoms with E-state index in [1.54, 1.807) is 0 Å². The van der Waals surface area contributed by atoms with Gasteiger partial charge in [0.2, 0.25) is 5.91 Å². The maximum Gasteiger partial charge on any atom is 0.226 e. The third kappa shape index (κ3) is 4.39. The lowest BCUT2D eigenvalue weighted by Crippen LogP contribution is -2.17. The summed E-state index contributed by atoms with van der Waals surface area (Å²) in [5.41, 5.74) is 2.57. The summed E-state index contributed by atoms with van der Waals surface area (Å²) in [6.07, 6.45) is 0. The highest BCUT2D eigenvalue weighted by Crippen LogP contribution is 2.25. The number of hydrogen-bond donors (Lipinski definition) is 2. The molecule has 2 N–H and O–H groups in total. The highest BCUT2D eigenvalue weighted by Gasteiger charge is 2.07. The van der Waals surface area contributed by atoms with Crippen LogP contribution in [0.1, 0.15) is 19.4 Å². The zero-order chi connectivity index (χ0) is 16.1. The van der Waals surface area contributed by atoms with Crippen LogP contribution >= 0.6 is 23.2 Å². The Balaban J connectivity index is 1.98. The summed E-state index contributed by atoms with van der Waals surface area (Å²) < 4.78 is 0. The van der Waals surface area contributed by atoms with Crippen LogP contribution < -0.4 is 10.6 Å². The quantitative estimate of drug-likeness (QED) is 0.787. The van der Waals surface area contributed by atoms with Crippen molar-refractivity contribution in [3.8, 4) is 0 Å². The van der Waals surface area contributed by atoms with Gasteiger partial charge in [-0.15, -0.1) is 0 Å². The van der Waals surface area contributed by atoms with E-state index in [0.29, 0.717) is 16.6 Å². The van der Waals surface area contributed by atoms with Gasteiger partial charge in [0, 0.05) is 39.4 Å². The first-order chi connectivity index (χ1) is 10.5.